The van der Waals surface area contributed by atoms with Gasteiger partial charge < -0.3 is 9.30 Å². The first-order chi connectivity index (χ1) is 12.2. The van der Waals surface area contributed by atoms with Crippen molar-refractivity contribution in [2.75, 3.05) is 7.11 Å². The molecule has 4 rings (SSSR count). The Morgan fingerprint density at radius 1 is 1.16 bits per heavy atom. The van der Waals surface area contributed by atoms with Crippen molar-refractivity contribution in [3.05, 3.63) is 59.7 Å². The summed E-state index contributed by atoms with van der Waals surface area (Å²) in [4.78, 5) is 8.58. The predicted octanol–water partition coefficient (Wildman–Crippen LogP) is 4.07. The maximum absolute atomic E-state index is 9.59. The SMILES string of the molecule is COc1ccc(C)c(-n2cc(C#N)c3ccc4cncnc4c32)c1C. The van der Waals surface area contributed by atoms with E-state index in [1.165, 1.54) is 6.33 Å². The lowest BCUT2D eigenvalue weighted by Crippen LogP contribution is -2.01. The smallest absolute Gasteiger partial charge is 0.123 e. The number of rotatable bonds is 2. The van der Waals surface area contributed by atoms with E-state index in [0.29, 0.717) is 5.56 Å². The van der Waals surface area contributed by atoms with Gasteiger partial charge in [-0.25, -0.2) is 9.97 Å². The molecule has 0 saturated heterocycles. The third-order valence-electron chi connectivity index (χ3n) is 4.60. The second kappa shape index (κ2) is 5.60. The van der Waals surface area contributed by atoms with Crippen molar-refractivity contribution in [1.82, 2.24) is 14.5 Å². The number of fused-ring (bicyclic) bond motifs is 3. The van der Waals surface area contributed by atoms with Crippen LogP contribution in [0.3, 0.4) is 0 Å². The highest BCUT2D eigenvalue weighted by Gasteiger charge is 2.17. The van der Waals surface area contributed by atoms with E-state index in [0.717, 1.165) is 44.4 Å². The van der Waals surface area contributed by atoms with E-state index in [1.807, 2.05) is 37.4 Å². The number of hydrogen-bond donors (Lipinski definition) is 0. The van der Waals surface area contributed by atoms with Crippen LogP contribution in [0.2, 0.25) is 0 Å². The number of methoxy groups -OCH3 is 1. The Morgan fingerprint density at radius 3 is 2.76 bits per heavy atom. The van der Waals surface area contributed by atoms with Gasteiger partial charge in [0.1, 0.15) is 18.1 Å². The Labute approximate surface area is 145 Å². The summed E-state index contributed by atoms with van der Waals surface area (Å²) in [5.74, 6) is 0.816. The average Bonchev–Trinajstić information content (AvgIpc) is 3.01. The number of aryl methyl sites for hydroxylation is 1. The molecule has 0 amide bonds. The topological polar surface area (TPSA) is 63.7 Å². The fourth-order valence-corrected chi connectivity index (χ4v) is 3.44. The lowest BCUT2D eigenvalue weighted by Gasteiger charge is -2.16. The van der Waals surface area contributed by atoms with Gasteiger partial charge in [-0.15, -0.1) is 0 Å². The Kier molecular flexibility index (Phi) is 3.40. The van der Waals surface area contributed by atoms with Crippen LogP contribution in [-0.4, -0.2) is 21.6 Å². The van der Waals surface area contributed by atoms with Crippen LogP contribution in [0.4, 0.5) is 0 Å². The van der Waals surface area contributed by atoms with Crippen molar-refractivity contribution in [2.45, 2.75) is 13.8 Å². The van der Waals surface area contributed by atoms with E-state index in [2.05, 4.69) is 27.5 Å². The molecule has 122 valence electrons. The molecule has 0 unspecified atom stereocenters. The number of nitrogens with zero attached hydrogens (tertiary/aromatic N) is 4. The second-order valence-electron chi connectivity index (χ2n) is 6.01. The summed E-state index contributed by atoms with van der Waals surface area (Å²) in [6, 6.07) is 10.2. The third-order valence-corrected chi connectivity index (χ3v) is 4.60. The van der Waals surface area contributed by atoms with E-state index in [9.17, 15) is 5.26 Å². The van der Waals surface area contributed by atoms with Gasteiger partial charge in [-0.3, -0.25) is 0 Å². The van der Waals surface area contributed by atoms with Crippen LogP contribution < -0.4 is 4.74 Å². The molecule has 0 saturated carbocycles. The van der Waals surface area contributed by atoms with Crippen molar-refractivity contribution in [3.63, 3.8) is 0 Å². The monoisotopic (exact) mass is 328 g/mol. The van der Waals surface area contributed by atoms with Gasteiger partial charge in [-0.05, 0) is 25.5 Å². The molecule has 4 aromatic rings. The van der Waals surface area contributed by atoms with Gasteiger partial charge in [0.05, 0.1) is 29.4 Å². The summed E-state index contributed by atoms with van der Waals surface area (Å²) in [6.45, 7) is 4.08. The predicted molar refractivity (Wildman–Crippen MR) is 97.1 cm³/mol. The summed E-state index contributed by atoms with van der Waals surface area (Å²) in [5.41, 5.74) is 5.50. The molecule has 5 heteroatoms. The highest BCUT2D eigenvalue weighted by molar-refractivity contribution is 6.06. The standard InChI is InChI=1S/C20H16N4O/c1-12-4-7-17(25-3)13(2)19(12)24-10-15(8-21)16-6-5-14-9-22-11-23-18(14)20(16)24/h4-7,9-11H,1-3H3. The maximum atomic E-state index is 9.59. The Hall–Kier alpha value is -3.39. The van der Waals surface area contributed by atoms with E-state index in [4.69, 9.17) is 4.74 Å². The Balaban J connectivity index is 2.20. The molecule has 5 nitrogen and oxygen atoms in total. The molecule has 2 aromatic carbocycles. The van der Waals surface area contributed by atoms with Gasteiger partial charge in [0.15, 0.2) is 0 Å². The van der Waals surface area contributed by atoms with Crippen LogP contribution >= 0.6 is 0 Å². The van der Waals surface area contributed by atoms with Crippen molar-refractivity contribution >= 4 is 21.8 Å². The van der Waals surface area contributed by atoms with E-state index in [1.54, 1.807) is 13.3 Å². The van der Waals surface area contributed by atoms with Crippen molar-refractivity contribution in [2.24, 2.45) is 0 Å². The molecule has 0 aliphatic heterocycles. The molecule has 0 N–H and O–H groups in total. The first-order valence-electron chi connectivity index (χ1n) is 7.94. The minimum Gasteiger partial charge on any atom is -0.496 e. The largest absolute Gasteiger partial charge is 0.496 e. The van der Waals surface area contributed by atoms with E-state index < -0.39 is 0 Å². The molecular weight excluding hydrogens is 312 g/mol. The minimum atomic E-state index is 0.622. The zero-order chi connectivity index (χ0) is 17.6. The maximum Gasteiger partial charge on any atom is 0.123 e. The van der Waals surface area contributed by atoms with Crippen molar-refractivity contribution in [3.8, 4) is 17.5 Å². The van der Waals surface area contributed by atoms with E-state index >= 15 is 0 Å². The molecule has 0 bridgehead atoms. The van der Waals surface area contributed by atoms with Crippen LogP contribution in [0.1, 0.15) is 16.7 Å². The summed E-state index contributed by atoms with van der Waals surface area (Å²) >= 11 is 0. The number of benzene rings is 2. The quantitative estimate of drug-likeness (QED) is 0.556. The van der Waals surface area contributed by atoms with Crippen LogP contribution in [0.5, 0.6) is 5.75 Å². The molecule has 0 aliphatic rings. The van der Waals surface area contributed by atoms with Crippen LogP contribution in [-0.2, 0) is 0 Å². The normalized spacial score (nSPS) is 11.0. The van der Waals surface area contributed by atoms with Gasteiger partial charge in [-0.2, -0.15) is 5.26 Å². The minimum absolute atomic E-state index is 0.622. The van der Waals surface area contributed by atoms with Crippen molar-refractivity contribution < 1.29 is 4.74 Å². The number of ether oxygens (including phenoxy) is 1. The molecule has 25 heavy (non-hydrogen) atoms. The molecule has 2 heterocycles. The highest BCUT2D eigenvalue weighted by Crippen LogP contribution is 2.34. The van der Waals surface area contributed by atoms with Gasteiger partial charge in [0.2, 0.25) is 0 Å². The summed E-state index contributed by atoms with van der Waals surface area (Å²) in [7, 11) is 1.67. The first kappa shape index (κ1) is 15.2. The number of nitriles is 1. The molecular formula is C20H16N4O. The van der Waals surface area contributed by atoms with Gasteiger partial charge >= 0.3 is 0 Å². The van der Waals surface area contributed by atoms with Gasteiger partial charge in [0.25, 0.3) is 0 Å². The first-order valence-corrected chi connectivity index (χ1v) is 7.94. The van der Waals surface area contributed by atoms with Gasteiger partial charge in [0, 0.05) is 28.7 Å². The summed E-state index contributed by atoms with van der Waals surface area (Å²) < 4.78 is 7.54. The lowest BCUT2D eigenvalue weighted by atomic mass is 10.1. The number of aromatic nitrogens is 3. The third kappa shape index (κ3) is 2.15. The van der Waals surface area contributed by atoms with Crippen LogP contribution in [0.25, 0.3) is 27.5 Å². The van der Waals surface area contributed by atoms with Crippen LogP contribution in [0, 0.1) is 25.2 Å². The Morgan fingerprint density at radius 2 is 2.00 bits per heavy atom. The lowest BCUT2D eigenvalue weighted by molar-refractivity contribution is 0.411. The van der Waals surface area contributed by atoms with Gasteiger partial charge in [-0.1, -0.05) is 18.2 Å². The van der Waals surface area contributed by atoms with E-state index in [-0.39, 0.29) is 0 Å². The summed E-state index contributed by atoms with van der Waals surface area (Å²) in [6.07, 6.45) is 5.20. The highest BCUT2D eigenvalue weighted by atomic mass is 16.5. The molecule has 0 aliphatic carbocycles. The molecule has 0 atom stereocenters. The number of hydrogen-bond acceptors (Lipinski definition) is 4. The zero-order valence-electron chi connectivity index (χ0n) is 14.2. The molecule has 2 aromatic heterocycles. The Bertz CT molecular complexity index is 1170. The average molecular weight is 328 g/mol. The molecule has 0 spiro atoms. The summed E-state index contributed by atoms with van der Waals surface area (Å²) in [5, 5.41) is 11.4. The molecule has 0 radical (unpaired) electrons. The van der Waals surface area contributed by atoms with Crippen LogP contribution in [0.15, 0.2) is 43.0 Å². The zero-order valence-corrected chi connectivity index (χ0v) is 14.2. The van der Waals surface area contributed by atoms with Crippen molar-refractivity contribution in [1.29, 1.82) is 5.26 Å². The fourth-order valence-electron chi connectivity index (χ4n) is 3.44. The molecule has 0 fully saturated rings. The second-order valence-corrected chi connectivity index (χ2v) is 6.01. The fraction of sp³-hybridized carbons (Fsp3) is 0.150.